The molecular weight excluding hydrogens is 206 g/mol. The number of nitrogens with zero attached hydrogens (tertiary/aromatic N) is 2. The smallest absolute Gasteiger partial charge is 0.419 e. The first-order valence-electron chi connectivity index (χ1n) is 5.44. The molecular formula is C11H17N3O2. The minimum atomic E-state index is -0.473. The van der Waals surface area contributed by atoms with Crippen molar-refractivity contribution < 1.29 is 9.53 Å². The van der Waals surface area contributed by atoms with Crippen molar-refractivity contribution >= 4 is 6.09 Å². The Bertz CT molecular complexity index is 388. The van der Waals surface area contributed by atoms with Gasteiger partial charge in [-0.25, -0.2) is 14.3 Å². The molecule has 0 bridgehead atoms. The molecule has 0 radical (unpaired) electrons. The van der Waals surface area contributed by atoms with Crippen molar-refractivity contribution in [3.05, 3.63) is 18.2 Å². The molecule has 1 aliphatic rings. The van der Waals surface area contributed by atoms with Gasteiger partial charge >= 0.3 is 6.09 Å². The Labute approximate surface area is 94.8 Å². The molecule has 1 aromatic rings. The summed E-state index contributed by atoms with van der Waals surface area (Å²) in [7, 11) is 0. The van der Waals surface area contributed by atoms with Gasteiger partial charge < -0.3 is 10.1 Å². The minimum Gasteiger partial charge on any atom is -0.443 e. The molecule has 0 atom stereocenters. The van der Waals surface area contributed by atoms with Crippen LogP contribution in [0.2, 0.25) is 0 Å². The van der Waals surface area contributed by atoms with Gasteiger partial charge in [-0.05, 0) is 20.8 Å². The van der Waals surface area contributed by atoms with E-state index in [0.717, 1.165) is 18.8 Å². The largest absolute Gasteiger partial charge is 0.443 e. The summed E-state index contributed by atoms with van der Waals surface area (Å²) in [6.07, 6.45) is 2.89. The van der Waals surface area contributed by atoms with Crippen LogP contribution in [-0.2, 0) is 4.74 Å². The molecule has 1 aromatic heterocycles. The zero-order valence-corrected chi connectivity index (χ0v) is 9.86. The van der Waals surface area contributed by atoms with E-state index in [2.05, 4.69) is 10.3 Å². The van der Waals surface area contributed by atoms with Gasteiger partial charge in [0, 0.05) is 25.2 Å². The van der Waals surface area contributed by atoms with Gasteiger partial charge in [0.05, 0.1) is 5.69 Å². The van der Waals surface area contributed by atoms with Crippen molar-refractivity contribution in [2.75, 3.05) is 13.1 Å². The summed E-state index contributed by atoms with van der Waals surface area (Å²) in [5.74, 6) is 0.434. The monoisotopic (exact) mass is 223 g/mol. The third kappa shape index (κ3) is 2.41. The highest BCUT2D eigenvalue weighted by Crippen LogP contribution is 2.17. The number of nitrogens with one attached hydrogen (secondary N) is 1. The van der Waals surface area contributed by atoms with E-state index in [9.17, 15) is 4.79 Å². The van der Waals surface area contributed by atoms with E-state index in [4.69, 9.17) is 4.74 Å². The van der Waals surface area contributed by atoms with Crippen LogP contribution in [0.3, 0.4) is 0 Å². The number of hydrogen-bond acceptors (Lipinski definition) is 4. The average molecular weight is 223 g/mol. The van der Waals surface area contributed by atoms with Crippen LogP contribution in [0.4, 0.5) is 4.79 Å². The second-order valence-electron chi connectivity index (χ2n) is 5.04. The van der Waals surface area contributed by atoms with Crippen molar-refractivity contribution in [2.24, 2.45) is 0 Å². The summed E-state index contributed by atoms with van der Waals surface area (Å²) in [5.41, 5.74) is 0.476. The first-order valence-corrected chi connectivity index (χ1v) is 5.44. The van der Waals surface area contributed by atoms with Crippen molar-refractivity contribution in [2.45, 2.75) is 32.3 Å². The van der Waals surface area contributed by atoms with Crippen molar-refractivity contribution in [1.29, 1.82) is 0 Å². The highest BCUT2D eigenvalue weighted by Gasteiger charge is 2.23. The summed E-state index contributed by atoms with van der Waals surface area (Å²) in [5, 5.41) is 3.17. The first-order chi connectivity index (χ1) is 7.46. The van der Waals surface area contributed by atoms with E-state index in [0.29, 0.717) is 5.92 Å². The van der Waals surface area contributed by atoms with Crippen LogP contribution < -0.4 is 5.32 Å². The SMILES string of the molecule is CC(C)(C)OC(=O)n1cnc(C2CNC2)c1. The van der Waals surface area contributed by atoms with E-state index < -0.39 is 5.60 Å². The molecule has 5 nitrogen and oxygen atoms in total. The molecule has 1 N–H and O–H groups in total. The normalized spacial score (nSPS) is 16.9. The van der Waals surface area contributed by atoms with Crippen molar-refractivity contribution in [1.82, 2.24) is 14.9 Å². The number of aromatic nitrogens is 2. The summed E-state index contributed by atoms with van der Waals surface area (Å²) < 4.78 is 6.64. The van der Waals surface area contributed by atoms with Crippen LogP contribution in [0.25, 0.3) is 0 Å². The third-order valence-corrected chi connectivity index (χ3v) is 2.41. The summed E-state index contributed by atoms with van der Waals surface area (Å²) >= 11 is 0. The van der Waals surface area contributed by atoms with Crippen LogP contribution in [0.1, 0.15) is 32.4 Å². The molecule has 1 aliphatic heterocycles. The van der Waals surface area contributed by atoms with Crippen molar-refractivity contribution in [3.8, 4) is 0 Å². The first kappa shape index (κ1) is 11.1. The number of ether oxygens (including phenoxy) is 1. The fourth-order valence-corrected chi connectivity index (χ4v) is 1.46. The molecule has 1 fully saturated rings. The molecule has 88 valence electrons. The lowest BCUT2D eigenvalue weighted by atomic mass is 10.0. The van der Waals surface area contributed by atoms with Gasteiger partial charge in [0.25, 0.3) is 0 Å². The van der Waals surface area contributed by atoms with Crippen LogP contribution in [-0.4, -0.2) is 34.3 Å². The van der Waals surface area contributed by atoms with Gasteiger partial charge in [0.15, 0.2) is 0 Å². The summed E-state index contributed by atoms with van der Waals surface area (Å²) in [6, 6.07) is 0. The van der Waals surface area contributed by atoms with E-state index in [1.807, 2.05) is 20.8 Å². The van der Waals surface area contributed by atoms with Crippen LogP contribution >= 0.6 is 0 Å². The zero-order chi connectivity index (χ0) is 11.8. The Balaban J connectivity index is 2.03. The molecule has 2 rings (SSSR count). The fourth-order valence-electron chi connectivity index (χ4n) is 1.46. The summed E-state index contributed by atoms with van der Waals surface area (Å²) in [4.78, 5) is 15.9. The Kier molecular flexibility index (Phi) is 2.71. The number of carbonyl (C=O) groups excluding carboxylic acids is 1. The Morgan fingerprint density at radius 1 is 1.56 bits per heavy atom. The van der Waals surface area contributed by atoms with Gasteiger partial charge in [-0.3, -0.25) is 0 Å². The van der Waals surface area contributed by atoms with Crippen LogP contribution in [0, 0.1) is 0 Å². The highest BCUT2D eigenvalue weighted by molar-refractivity contribution is 5.70. The second-order valence-corrected chi connectivity index (χ2v) is 5.04. The number of hydrogen-bond donors (Lipinski definition) is 1. The van der Waals surface area contributed by atoms with E-state index in [1.165, 1.54) is 10.9 Å². The highest BCUT2D eigenvalue weighted by atomic mass is 16.6. The molecule has 1 saturated heterocycles. The molecule has 16 heavy (non-hydrogen) atoms. The maximum absolute atomic E-state index is 11.7. The fraction of sp³-hybridized carbons (Fsp3) is 0.636. The predicted octanol–water partition coefficient (Wildman–Crippen LogP) is 1.35. The molecule has 0 aromatic carbocycles. The van der Waals surface area contributed by atoms with Gasteiger partial charge in [0.2, 0.25) is 0 Å². The summed E-state index contributed by atoms with van der Waals surface area (Å²) in [6.45, 7) is 7.41. The predicted molar refractivity (Wildman–Crippen MR) is 59.5 cm³/mol. The van der Waals surface area contributed by atoms with E-state index in [1.54, 1.807) is 6.20 Å². The third-order valence-electron chi connectivity index (χ3n) is 2.41. The van der Waals surface area contributed by atoms with Crippen LogP contribution in [0.15, 0.2) is 12.5 Å². The lowest BCUT2D eigenvalue weighted by Crippen LogP contribution is -2.40. The average Bonchev–Trinajstić information content (AvgIpc) is 2.46. The van der Waals surface area contributed by atoms with Crippen LogP contribution in [0.5, 0.6) is 0 Å². The minimum absolute atomic E-state index is 0.376. The lowest BCUT2D eigenvalue weighted by Gasteiger charge is -2.25. The standard InChI is InChI=1S/C11H17N3O2/c1-11(2,3)16-10(15)14-6-9(13-7-14)8-4-12-5-8/h6-8,12H,4-5H2,1-3H3. The maximum atomic E-state index is 11.7. The van der Waals surface area contributed by atoms with E-state index >= 15 is 0 Å². The van der Waals surface area contributed by atoms with E-state index in [-0.39, 0.29) is 6.09 Å². The molecule has 0 unspecified atom stereocenters. The lowest BCUT2D eigenvalue weighted by molar-refractivity contribution is 0.0536. The van der Waals surface area contributed by atoms with Crippen molar-refractivity contribution in [3.63, 3.8) is 0 Å². The zero-order valence-electron chi connectivity index (χ0n) is 9.86. The molecule has 0 saturated carbocycles. The molecule has 0 spiro atoms. The molecule has 0 amide bonds. The van der Waals surface area contributed by atoms with Gasteiger partial charge in [-0.15, -0.1) is 0 Å². The molecule has 0 aliphatic carbocycles. The van der Waals surface area contributed by atoms with Gasteiger partial charge in [-0.2, -0.15) is 0 Å². The Morgan fingerprint density at radius 2 is 2.25 bits per heavy atom. The number of carbonyl (C=O) groups is 1. The second kappa shape index (κ2) is 3.90. The Hall–Kier alpha value is -1.36. The molecule has 5 heteroatoms. The number of imidazole rings is 1. The topological polar surface area (TPSA) is 56.2 Å². The maximum Gasteiger partial charge on any atom is 0.419 e. The van der Waals surface area contributed by atoms with Gasteiger partial charge in [0.1, 0.15) is 11.9 Å². The molecule has 2 heterocycles. The van der Waals surface area contributed by atoms with Gasteiger partial charge in [-0.1, -0.05) is 0 Å². The Morgan fingerprint density at radius 3 is 2.75 bits per heavy atom. The number of rotatable bonds is 1. The quantitative estimate of drug-likeness (QED) is 0.781.